The molecule has 1 aliphatic carbocycles. The number of hydrazone groups is 1. The summed E-state index contributed by atoms with van der Waals surface area (Å²) in [5.41, 5.74) is 4.99. The van der Waals surface area contributed by atoms with Crippen molar-refractivity contribution in [1.29, 1.82) is 0 Å². The molecule has 0 aromatic carbocycles. The van der Waals surface area contributed by atoms with Gasteiger partial charge >= 0.3 is 0 Å². The van der Waals surface area contributed by atoms with Crippen LogP contribution in [0.5, 0.6) is 0 Å². The summed E-state index contributed by atoms with van der Waals surface area (Å²) in [6, 6.07) is 0. The van der Waals surface area contributed by atoms with Gasteiger partial charge in [0.1, 0.15) is 0 Å². The van der Waals surface area contributed by atoms with Gasteiger partial charge in [0.05, 0.1) is 5.54 Å². The highest BCUT2D eigenvalue weighted by atomic mass is 15.4. The number of hydrogen-bond donors (Lipinski definition) is 1. The van der Waals surface area contributed by atoms with Crippen LogP contribution in [-0.4, -0.2) is 11.3 Å². The second-order valence-electron chi connectivity index (χ2n) is 3.98. The fraction of sp³-hybridized carbons (Fsp3) is 0.727. The molecule has 2 nitrogen and oxygen atoms in total. The van der Waals surface area contributed by atoms with E-state index < -0.39 is 0 Å². The van der Waals surface area contributed by atoms with Crippen LogP contribution in [-0.2, 0) is 0 Å². The lowest BCUT2D eigenvalue weighted by Gasteiger charge is -2.32. The Hall–Kier alpha value is -0.790. The Morgan fingerprint density at radius 2 is 1.85 bits per heavy atom. The summed E-state index contributed by atoms with van der Waals surface area (Å²) in [6.45, 7) is 8.12. The van der Waals surface area contributed by atoms with Crippen molar-refractivity contribution >= 4 is 5.71 Å². The van der Waals surface area contributed by atoms with Crippen LogP contribution in [0.15, 0.2) is 18.3 Å². The van der Waals surface area contributed by atoms with Crippen LogP contribution in [0.2, 0.25) is 0 Å². The maximum absolute atomic E-state index is 4.28. The Morgan fingerprint density at radius 1 is 1.23 bits per heavy atom. The van der Waals surface area contributed by atoms with Crippen LogP contribution in [0.25, 0.3) is 0 Å². The largest absolute Gasteiger partial charge is 0.304 e. The predicted molar refractivity (Wildman–Crippen MR) is 57.9 cm³/mol. The zero-order valence-corrected chi connectivity index (χ0v) is 8.60. The molecule has 0 aromatic rings. The number of rotatable bonds is 0. The molecular formula is C11H20N2. The molecule has 0 unspecified atom stereocenters. The Kier molecular flexibility index (Phi) is 3.52. The van der Waals surface area contributed by atoms with Crippen molar-refractivity contribution in [2.45, 2.75) is 51.0 Å². The highest BCUT2D eigenvalue weighted by Crippen LogP contribution is 2.33. The summed E-state index contributed by atoms with van der Waals surface area (Å²) < 4.78 is 0. The van der Waals surface area contributed by atoms with Gasteiger partial charge < -0.3 is 5.43 Å². The molecule has 0 saturated heterocycles. The number of nitrogens with zero attached hydrogens (tertiary/aromatic N) is 1. The Labute approximate surface area is 81.1 Å². The Morgan fingerprint density at radius 3 is 2.31 bits per heavy atom. The molecule has 0 aromatic heterocycles. The molecule has 74 valence electrons. The third-order valence-electron chi connectivity index (χ3n) is 2.89. The van der Waals surface area contributed by atoms with Gasteiger partial charge in [-0.1, -0.05) is 19.3 Å². The van der Waals surface area contributed by atoms with Crippen LogP contribution in [0, 0.1) is 0 Å². The minimum atomic E-state index is 0.391. The van der Waals surface area contributed by atoms with E-state index in [0.29, 0.717) is 5.54 Å². The van der Waals surface area contributed by atoms with E-state index in [4.69, 9.17) is 0 Å². The van der Waals surface area contributed by atoms with Crippen LogP contribution < -0.4 is 5.43 Å². The van der Waals surface area contributed by atoms with Crippen LogP contribution >= 0.6 is 0 Å². The third kappa shape index (κ3) is 2.33. The van der Waals surface area contributed by atoms with E-state index in [2.05, 4.69) is 30.6 Å². The summed E-state index contributed by atoms with van der Waals surface area (Å²) in [6.07, 6.45) is 8.03. The molecule has 1 aliphatic heterocycles. The van der Waals surface area contributed by atoms with E-state index in [9.17, 15) is 0 Å². The van der Waals surface area contributed by atoms with Crippen molar-refractivity contribution in [2.24, 2.45) is 5.10 Å². The van der Waals surface area contributed by atoms with Crippen LogP contribution in [0.3, 0.4) is 0 Å². The fourth-order valence-electron chi connectivity index (χ4n) is 2.30. The molecule has 1 N–H and O–H groups in total. The lowest BCUT2D eigenvalue weighted by Crippen LogP contribution is -2.40. The first kappa shape index (κ1) is 10.3. The minimum Gasteiger partial charge on any atom is -0.304 e. The van der Waals surface area contributed by atoms with Gasteiger partial charge in [-0.15, -0.1) is 13.2 Å². The van der Waals surface area contributed by atoms with Crippen molar-refractivity contribution in [2.75, 3.05) is 0 Å². The van der Waals surface area contributed by atoms with Gasteiger partial charge in [0.25, 0.3) is 0 Å². The first-order chi connectivity index (χ1) is 6.31. The van der Waals surface area contributed by atoms with E-state index in [1.54, 1.807) is 0 Å². The SMILES string of the molecule is C=C.CC1=NNC2(CCCCC2)C1. The summed E-state index contributed by atoms with van der Waals surface area (Å²) in [5.74, 6) is 0. The second kappa shape index (κ2) is 4.45. The molecule has 1 fully saturated rings. The van der Waals surface area contributed by atoms with Crippen molar-refractivity contribution in [1.82, 2.24) is 5.43 Å². The molecule has 0 bridgehead atoms. The van der Waals surface area contributed by atoms with E-state index in [-0.39, 0.29) is 0 Å². The van der Waals surface area contributed by atoms with Crippen molar-refractivity contribution in [3.8, 4) is 0 Å². The van der Waals surface area contributed by atoms with Crippen molar-refractivity contribution in [3.05, 3.63) is 13.2 Å². The normalized spacial score (nSPS) is 24.2. The van der Waals surface area contributed by atoms with Crippen molar-refractivity contribution < 1.29 is 0 Å². The molecule has 2 heteroatoms. The van der Waals surface area contributed by atoms with Crippen LogP contribution in [0.1, 0.15) is 45.4 Å². The van der Waals surface area contributed by atoms with Gasteiger partial charge in [-0.05, 0) is 19.8 Å². The monoisotopic (exact) mass is 180 g/mol. The highest BCUT2D eigenvalue weighted by molar-refractivity contribution is 5.84. The maximum Gasteiger partial charge on any atom is 0.0601 e. The predicted octanol–water partition coefficient (Wildman–Crippen LogP) is 2.86. The molecule has 13 heavy (non-hydrogen) atoms. The third-order valence-corrected chi connectivity index (χ3v) is 2.89. The molecule has 2 aliphatic rings. The van der Waals surface area contributed by atoms with E-state index in [1.165, 1.54) is 44.2 Å². The van der Waals surface area contributed by atoms with Gasteiger partial charge in [0.2, 0.25) is 0 Å². The number of nitrogens with one attached hydrogen (secondary N) is 1. The van der Waals surface area contributed by atoms with Gasteiger partial charge in [-0.25, -0.2) is 0 Å². The van der Waals surface area contributed by atoms with Crippen LogP contribution in [0.4, 0.5) is 0 Å². The fourth-order valence-corrected chi connectivity index (χ4v) is 2.30. The van der Waals surface area contributed by atoms with Gasteiger partial charge in [-0.2, -0.15) is 5.10 Å². The smallest absolute Gasteiger partial charge is 0.0601 e. The number of hydrogen-bond acceptors (Lipinski definition) is 2. The average Bonchev–Trinajstić information content (AvgIpc) is 2.52. The quantitative estimate of drug-likeness (QED) is 0.569. The summed E-state index contributed by atoms with van der Waals surface area (Å²) in [7, 11) is 0. The lowest BCUT2D eigenvalue weighted by molar-refractivity contribution is 0.259. The first-order valence-electron chi connectivity index (χ1n) is 5.11. The van der Waals surface area contributed by atoms with Gasteiger partial charge in [0, 0.05) is 12.1 Å². The second-order valence-corrected chi connectivity index (χ2v) is 3.98. The molecule has 0 atom stereocenters. The average molecular weight is 180 g/mol. The summed E-state index contributed by atoms with van der Waals surface area (Å²) in [5, 5.41) is 4.28. The van der Waals surface area contributed by atoms with Crippen molar-refractivity contribution in [3.63, 3.8) is 0 Å². The maximum atomic E-state index is 4.28. The zero-order valence-electron chi connectivity index (χ0n) is 8.60. The van der Waals surface area contributed by atoms with E-state index >= 15 is 0 Å². The first-order valence-corrected chi connectivity index (χ1v) is 5.11. The molecular weight excluding hydrogens is 160 g/mol. The molecule has 2 rings (SSSR count). The van der Waals surface area contributed by atoms with Gasteiger partial charge in [-0.3, -0.25) is 0 Å². The van der Waals surface area contributed by atoms with E-state index in [1.807, 2.05) is 0 Å². The molecule has 1 saturated carbocycles. The zero-order chi connectivity index (χ0) is 9.73. The summed E-state index contributed by atoms with van der Waals surface area (Å²) >= 11 is 0. The molecule has 0 amide bonds. The molecule has 1 heterocycles. The topological polar surface area (TPSA) is 24.4 Å². The summed E-state index contributed by atoms with van der Waals surface area (Å²) in [4.78, 5) is 0. The Bertz CT molecular complexity index is 190. The standard InChI is InChI=1S/C9H16N2.C2H4/c1-8-7-9(11-10-8)5-3-2-4-6-9;1-2/h11H,2-7H2,1H3;1-2H2. The minimum absolute atomic E-state index is 0.391. The Balaban J connectivity index is 0.000000396. The lowest BCUT2D eigenvalue weighted by atomic mass is 9.80. The van der Waals surface area contributed by atoms with E-state index in [0.717, 1.165) is 0 Å². The molecule has 1 spiro atoms. The highest BCUT2D eigenvalue weighted by Gasteiger charge is 2.35. The van der Waals surface area contributed by atoms with Gasteiger partial charge in [0.15, 0.2) is 0 Å². The molecule has 0 radical (unpaired) electrons.